The van der Waals surface area contributed by atoms with E-state index in [0.29, 0.717) is 39.7 Å². The third-order valence-corrected chi connectivity index (χ3v) is 6.28. The van der Waals surface area contributed by atoms with E-state index in [9.17, 15) is 9.50 Å². The monoisotopic (exact) mass is 475 g/mol. The van der Waals surface area contributed by atoms with Gasteiger partial charge in [-0.25, -0.2) is 19.3 Å². The van der Waals surface area contributed by atoms with Gasteiger partial charge in [0.15, 0.2) is 5.82 Å². The molecule has 4 rings (SSSR count). The molecule has 0 unspecified atom stereocenters. The number of ether oxygens (including phenoxy) is 1. The predicted molar refractivity (Wildman–Crippen MR) is 128 cm³/mol. The van der Waals surface area contributed by atoms with Crippen molar-refractivity contribution in [2.75, 3.05) is 5.32 Å². The Morgan fingerprint density at radius 3 is 2.64 bits per heavy atom. The quantitative estimate of drug-likeness (QED) is 0.503. The highest BCUT2D eigenvalue weighted by Gasteiger charge is 2.30. The number of benzene rings is 1. The van der Waals surface area contributed by atoms with Crippen molar-refractivity contribution >= 4 is 28.6 Å². The fourth-order valence-electron chi connectivity index (χ4n) is 4.65. The van der Waals surface area contributed by atoms with E-state index in [2.05, 4.69) is 20.3 Å². The summed E-state index contributed by atoms with van der Waals surface area (Å²) in [5.41, 5.74) is 2.00. The second-order valence-corrected chi connectivity index (χ2v) is 9.68. The van der Waals surface area contributed by atoms with E-state index >= 15 is 0 Å². The molecular weight excluding hydrogens is 445 g/mol. The Bertz CT molecular complexity index is 1150. The molecule has 1 aromatic carbocycles. The first-order valence-electron chi connectivity index (χ1n) is 11.4. The Kier molecular flexibility index (Phi) is 6.88. The third kappa shape index (κ3) is 4.98. The van der Waals surface area contributed by atoms with Crippen LogP contribution in [0, 0.1) is 12.7 Å². The molecule has 0 radical (unpaired) electrons. The van der Waals surface area contributed by atoms with Crippen LogP contribution in [0.3, 0.4) is 0 Å². The summed E-state index contributed by atoms with van der Waals surface area (Å²) in [6.07, 6.45) is 3.21. The number of anilines is 1. The van der Waals surface area contributed by atoms with Gasteiger partial charge in [0.25, 0.3) is 0 Å². The summed E-state index contributed by atoms with van der Waals surface area (Å²) in [5.74, 6) is 0.669. The summed E-state index contributed by atoms with van der Waals surface area (Å²) in [5, 5.41) is 14.2. The number of aliphatic hydroxyl groups is 1. The number of fused-ring (bicyclic) bond motifs is 1. The summed E-state index contributed by atoms with van der Waals surface area (Å²) in [7, 11) is 0. The fourth-order valence-corrected chi connectivity index (χ4v) is 4.85. The first-order valence-corrected chi connectivity index (χ1v) is 11.8. The summed E-state index contributed by atoms with van der Waals surface area (Å²) < 4.78 is 22.8. The maximum Gasteiger partial charge on any atom is 0.223 e. The van der Waals surface area contributed by atoms with Gasteiger partial charge in [-0.05, 0) is 59.6 Å². The number of aliphatic hydroxyl groups excluding tert-OH is 1. The summed E-state index contributed by atoms with van der Waals surface area (Å²) in [6.45, 7) is 9.92. The highest BCUT2D eigenvalue weighted by molar-refractivity contribution is 6.33. The minimum Gasteiger partial charge on any atom is -0.391 e. The van der Waals surface area contributed by atoms with Crippen molar-refractivity contribution in [3.05, 3.63) is 35.0 Å². The van der Waals surface area contributed by atoms with Crippen molar-refractivity contribution in [1.82, 2.24) is 19.5 Å². The molecule has 0 saturated heterocycles. The van der Waals surface area contributed by atoms with Crippen LogP contribution in [-0.2, 0) is 4.74 Å². The number of imidazole rings is 1. The molecule has 2 N–H and O–H groups in total. The van der Waals surface area contributed by atoms with E-state index in [4.69, 9.17) is 16.3 Å². The normalized spacial score (nSPS) is 21.3. The van der Waals surface area contributed by atoms with Crippen LogP contribution in [0.4, 0.5) is 10.3 Å². The van der Waals surface area contributed by atoms with E-state index in [0.717, 1.165) is 18.7 Å². The number of rotatable bonds is 6. The summed E-state index contributed by atoms with van der Waals surface area (Å²) in [4.78, 5) is 13.3. The largest absolute Gasteiger partial charge is 0.391 e. The van der Waals surface area contributed by atoms with Gasteiger partial charge >= 0.3 is 0 Å². The van der Waals surface area contributed by atoms with E-state index < -0.39 is 11.9 Å². The highest BCUT2D eigenvalue weighted by Crippen LogP contribution is 2.33. The van der Waals surface area contributed by atoms with Crippen molar-refractivity contribution in [3.8, 4) is 11.3 Å². The first-order chi connectivity index (χ1) is 15.6. The maximum atomic E-state index is 14.9. The Balaban J connectivity index is 1.62. The topological polar surface area (TPSA) is 85.1 Å². The molecule has 2 aromatic heterocycles. The van der Waals surface area contributed by atoms with Gasteiger partial charge in [0, 0.05) is 18.0 Å². The summed E-state index contributed by atoms with van der Waals surface area (Å²) in [6, 6.07) is 3.19. The molecule has 0 spiro atoms. The minimum atomic E-state index is -0.581. The van der Waals surface area contributed by atoms with E-state index in [1.807, 2.05) is 45.3 Å². The smallest absolute Gasteiger partial charge is 0.223 e. The van der Waals surface area contributed by atoms with Gasteiger partial charge in [0.2, 0.25) is 5.95 Å². The van der Waals surface area contributed by atoms with Crippen LogP contribution in [0.15, 0.2) is 18.3 Å². The molecule has 178 valence electrons. The Hall–Kier alpha value is -2.29. The van der Waals surface area contributed by atoms with Crippen LogP contribution < -0.4 is 5.32 Å². The molecule has 33 heavy (non-hydrogen) atoms. The SMILES string of the molecule is Cc1nc2c(F)cc(-c3nc(N[C@H]4CC[C@H](OC(C)C)C[C@@H]4O)ncc3Cl)cc2n1C(C)C. The zero-order valence-corrected chi connectivity index (χ0v) is 20.4. The molecular formula is C24H31ClFN5O2. The number of aromatic nitrogens is 4. The van der Waals surface area contributed by atoms with Crippen LogP contribution in [0.1, 0.15) is 58.8 Å². The third-order valence-electron chi connectivity index (χ3n) is 6.01. The van der Waals surface area contributed by atoms with Crippen molar-refractivity contribution < 1.29 is 14.2 Å². The molecule has 1 saturated carbocycles. The standard InChI is InChI=1S/C24H31ClFN5O2/c1-12(2)31-14(5)28-23-18(26)8-15(9-20(23)31)22-17(25)11-27-24(30-22)29-19-7-6-16(10-21(19)32)33-13(3)4/h8-9,11-13,16,19,21,32H,6-7,10H2,1-5H3,(H,27,29,30)/t16-,19-,21-/m0/s1. The van der Waals surface area contributed by atoms with Crippen LogP contribution in [0.5, 0.6) is 0 Å². The predicted octanol–water partition coefficient (Wildman–Crippen LogP) is 5.29. The average molecular weight is 476 g/mol. The molecule has 3 aromatic rings. The lowest BCUT2D eigenvalue weighted by Gasteiger charge is -2.34. The van der Waals surface area contributed by atoms with Crippen molar-refractivity contribution in [2.24, 2.45) is 0 Å². The number of hydrogen-bond acceptors (Lipinski definition) is 6. The molecule has 3 atom stereocenters. The zero-order valence-electron chi connectivity index (χ0n) is 19.6. The van der Waals surface area contributed by atoms with E-state index in [1.54, 1.807) is 0 Å². The molecule has 2 heterocycles. The maximum absolute atomic E-state index is 14.9. The molecule has 7 nitrogen and oxygen atoms in total. The number of halogens is 2. The fraction of sp³-hybridized carbons (Fsp3) is 0.542. The molecule has 9 heteroatoms. The van der Waals surface area contributed by atoms with Gasteiger partial charge in [0.05, 0.1) is 46.8 Å². The molecule has 1 aliphatic carbocycles. The molecule has 1 fully saturated rings. The number of nitrogens with one attached hydrogen (secondary N) is 1. The lowest BCUT2D eigenvalue weighted by atomic mass is 9.90. The van der Waals surface area contributed by atoms with Crippen molar-refractivity contribution in [2.45, 2.75) is 84.3 Å². The van der Waals surface area contributed by atoms with Gasteiger partial charge in [0.1, 0.15) is 11.3 Å². The number of hydrogen-bond donors (Lipinski definition) is 2. The zero-order chi connectivity index (χ0) is 23.9. The van der Waals surface area contributed by atoms with Gasteiger partial charge in [-0.2, -0.15) is 0 Å². The number of nitrogens with zero attached hydrogens (tertiary/aromatic N) is 4. The van der Waals surface area contributed by atoms with Crippen LogP contribution in [-0.4, -0.2) is 49.0 Å². The second-order valence-electron chi connectivity index (χ2n) is 9.28. The molecule has 0 amide bonds. The van der Waals surface area contributed by atoms with Crippen LogP contribution >= 0.6 is 11.6 Å². The van der Waals surface area contributed by atoms with Crippen molar-refractivity contribution in [3.63, 3.8) is 0 Å². The number of aryl methyl sites for hydroxylation is 1. The highest BCUT2D eigenvalue weighted by atomic mass is 35.5. The second kappa shape index (κ2) is 9.52. The van der Waals surface area contributed by atoms with Gasteiger partial charge in [-0.1, -0.05) is 11.6 Å². The lowest BCUT2D eigenvalue weighted by Crippen LogP contribution is -2.42. The lowest BCUT2D eigenvalue weighted by molar-refractivity contribution is -0.0465. The average Bonchev–Trinajstić information content (AvgIpc) is 3.07. The first kappa shape index (κ1) is 23.9. The van der Waals surface area contributed by atoms with E-state index in [1.165, 1.54) is 12.3 Å². The Morgan fingerprint density at radius 1 is 1.21 bits per heavy atom. The Morgan fingerprint density at radius 2 is 1.97 bits per heavy atom. The summed E-state index contributed by atoms with van der Waals surface area (Å²) >= 11 is 6.42. The van der Waals surface area contributed by atoms with Gasteiger partial charge in [-0.15, -0.1) is 0 Å². The van der Waals surface area contributed by atoms with Crippen molar-refractivity contribution in [1.29, 1.82) is 0 Å². The van der Waals surface area contributed by atoms with Gasteiger partial charge in [-0.3, -0.25) is 0 Å². The van der Waals surface area contributed by atoms with E-state index in [-0.39, 0.29) is 24.3 Å². The molecule has 1 aliphatic rings. The van der Waals surface area contributed by atoms with Crippen LogP contribution in [0.2, 0.25) is 5.02 Å². The Labute approximate surface area is 198 Å². The minimum absolute atomic E-state index is 0.0451. The van der Waals surface area contributed by atoms with Gasteiger partial charge < -0.3 is 19.7 Å². The molecule has 0 aliphatic heterocycles. The van der Waals surface area contributed by atoms with Crippen LogP contribution in [0.25, 0.3) is 22.3 Å². The molecule has 0 bridgehead atoms.